The molecule has 16 heavy (non-hydrogen) atoms. The molecule has 3 N–H and O–H groups in total. The molecule has 0 aliphatic heterocycles. The van der Waals surface area contributed by atoms with Crippen LogP contribution in [0.5, 0.6) is 0 Å². The molecule has 88 valence electrons. The van der Waals surface area contributed by atoms with Crippen molar-refractivity contribution < 1.29 is 4.39 Å². The van der Waals surface area contributed by atoms with Gasteiger partial charge in [-0.15, -0.1) is 0 Å². The minimum atomic E-state index is -0.190. The number of nitrogens with one attached hydrogen (secondary N) is 1. The Bertz CT molecular complexity index is 323. The van der Waals surface area contributed by atoms with Gasteiger partial charge in [0.1, 0.15) is 5.82 Å². The van der Waals surface area contributed by atoms with E-state index in [0.29, 0.717) is 12.0 Å². The summed E-state index contributed by atoms with van der Waals surface area (Å²) in [6.07, 6.45) is 4.91. The molecule has 1 aromatic carbocycles. The van der Waals surface area contributed by atoms with Crippen LogP contribution in [0, 0.1) is 11.7 Å². The van der Waals surface area contributed by atoms with Crippen molar-refractivity contribution in [3.63, 3.8) is 0 Å². The Morgan fingerprint density at radius 2 is 1.88 bits per heavy atom. The summed E-state index contributed by atoms with van der Waals surface area (Å²) in [5.41, 5.74) is 6.76. The van der Waals surface area contributed by atoms with E-state index in [1.165, 1.54) is 37.8 Å². The average molecular weight is 222 g/mol. The van der Waals surface area contributed by atoms with Crippen molar-refractivity contribution in [1.29, 1.82) is 0 Å². The molecule has 1 aliphatic rings. The van der Waals surface area contributed by atoms with E-state index < -0.39 is 0 Å². The minimum Gasteiger partial charge on any atom is -0.382 e. The van der Waals surface area contributed by atoms with Gasteiger partial charge < -0.3 is 11.1 Å². The molecule has 2 unspecified atom stereocenters. The van der Waals surface area contributed by atoms with E-state index in [2.05, 4.69) is 5.32 Å². The van der Waals surface area contributed by atoms with Crippen LogP contribution in [-0.2, 0) is 0 Å². The van der Waals surface area contributed by atoms with Crippen molar-refractivity contribution in [2.45, 2.75) is 31.7 Å². The van der Waals surface area contributed by atoms with E-state index in [-0.39, 0.29) is 5.82 Å². The van der Waals surface area contributed by atoms with Gasteiger partial charge in [-0.3, -0.25) is 0 Å². The lowest BCUT2D eigenvalue weighted by Gasteiger charge is -2.32. The lowest BCUT2D eigenvalue weighted by Crippen LogP contribution is -2.36. The number of hydrogen-bond acceptors (Lipinski definition) is 2. The second-order valence-electron chi connectivity index (χ2n) is 4.54. The van der Waals surface area contributed by atoms with Crippen LogP contribution in [0.25, 0.3) is 0 Å². The molecule has 0 bridgehead atoms. The van der Waals surface area contributed by atoms with Crippen molar-refractivity contribution in [3.05, 3.63) is 30.1 Å². The van der Waals surface area contributed by atoms with Crippen molar-refractivity contribution in [3.8, 4) is 0 Å². The molecule has 1 fully saturated rings. The summed E-state index contributed by atoms with van der Waals surface area (Å²) in [5.74, 6) is 0.364. The van der Waals surface area contributed by atoms with Crippen LogP contribution in [0.1, 0.15) is 25.7 Å². The predicted molar refractivity (Wildman–Crippen MR) is 64.8 cm³/mol. The number of nitrogens with two attached hydrogens (primary N) is 1. The molecule has 2 atom stereocenters. The van der Waals surface area contributed by atoms with Gasteiger partial charge in [0, 0.05) is 11.7 Å². The van der Waals surface area contributed by atoms with Crippen LogP contribution >= 0.6 is 0 Å². The summed E-state index contributed by atoms with van der Waals surface area (Å²) in [5, 5.41) is 3.46. The molecule has 2 nitrogen and oxygen atoms in total. The van der Waals surface area contributed by atoms with Crippen LogP contribution in [0.4, 0.5) is 10.1 Å². The quantitative estimate of drug-likeness (QED) is 0.825. The Labute approximate surface area is 96.0 Å². The van der Waals surface area contributed by atoms with E-state index in [1.54, 1.807) is 12.1 Å². The SMILES string of the molecule is NCC1CCCCC1Nc1ccc(F)cc1. The van der Waals surface area contributed by atoms with Gasteiger partial charge in [0.05, 0.1) is 0 Å². The number of benzene rings is 1. The van der Waals surface area contributed by atoms with E-state index in [9.17, 15) is 4.39 Å². The van der Waals surface area contributed by atoms with Crippen LogP contribution < -0.4 is 11.1 Å². The van der Waals surface area contributed by atoms with Crippen molar-refractivity contribution in [1.82, 2.24) is 0 Å². The van der Waals surface area contributed by atoms with Crippen LogP contribution in [0.3, 0.4) is 0 Å². The maximum atomic E-state index is 12.8. The molecule has 0 aromatic heterocycles. The maximum absolute atomic E-state index is 12.8. The van der Waals surface area contributed by atoms with Crippen molar-refractivity contribution >= 4 is 5.69 Å². The van der Waals surface area contributed by atoms with E-state index in [1.807, 2.05) is 0 Å². The number of hydrogen-bond donors (Lipinski definition) is 2. The van der Waals surface area contributed by atoms with Gasteiger partial charge >= 0.3 is 0 Å². The summed E-state index contributed by atoms with van der Waals surface area (Å²) in [6.45, 7) is 0.735. The number of anilines is 1. The standard InChI is InChI=1S/C13H19FN2/c14-11-5-7-12(8-6-11)16-13-4-2-1-3-10(13)9-15/h5-8,10,13,16H,1-4,9,15H2. The zero-order chi connectivity index (χ0) is 11.4. The molecular weight excluding hydrogens is 203 g/mol. The molecule has 0 spiro atoms. The monoisotopic (exact) mass is 222 g/mol. The Hall–Kier alpha value is -1.09. The Balaban J connectivity index is 1.99. The highest BCUT2D eigenvalue weighted by atomic mass is 19.1. The molecule has 0 heterocycles. The Kier molecular flexibility index (Phi) is 3.78. The third-order valence-electron chi connectivity index (χ3n) is 3.41. The highest BCUT2D eigenvalue weighted by Gasteiger charge is 2.23. The first kappa shape index (κ1) is 11.4. The van der Waals surface area contributed by atoms with E-state index in [4.69, 9.17) is 5.73 Å². The van der Waals surface area contributed by atoms with E-state index >= 15 is 0 Å². The van der Waals surface area contributed by atoms with Gasteiger partial charge in [0.2, 0.25) is 0 Å². The highest BCUT2D eigenvalue weighted by Crippen LogP contribution is 2.26. The van der Waals surface area contributed by atoms with Gasteiger partial charge in [-0.05, 0) is 49.6 Å². The number of rotatable bonds is 3. The predicted octanol–water partition coefficient (Wildman–Crippen LogP) is 2.76. The zero-order valence-electron chi connectivity index (χ0n) is 9.45. The second-order valence-corrected chi connectivity index (χ2v) is 4.54. The normalized spacial score (nSPS) is 25.4. The Morgan fingerprint density at radius 1 is 1.19 bits per heavy atom. The van der Waals surface area contributed by atoms with Gasteiger partial charge in [0.25, 0.3) is 0 Å². The molecule has 1 saturated carbocycles. The topological polar surface area (TPSA) is 38.0 Å². The van der Waals surface area contributed by atoms with Gasteiger partial charge in [-0.2, -0.15) is 0 Å². The fraction of sp³-hybridized carbons (Fsp3) is 0.538. The second kappa shape index (κ2) is 5.30. The first-order valence-electron chi connectivity index (χ1n) is 6.02. The molecule has 0 amide bonds. The summed E-state index contributed by atoms with van der Waals surface area (Å²) in [4.78, 5) is 0. The van der Waals surface area contributed by atoms with Gasteiger partial charge in [0.15, 0.2) is 0 Å². The molecular formula is C13H19FN2. The average Bonchev–Trinajstić information content (AvgIpc) is 2.33. The summed E-state index contributed by atoms with van der Waals surface area (Å²) in [6, 6.07) is 7.00. The first-order valence-corrected chi connectivity index (χ1v) is 6.02. The molecule has 0 saturated heterocycles. The molecule has 0 radical (unpaired) electrons. The summed E-state index contributed by atoms with van der Waals surface area (Å²) in [7, 11) is 0. The van der Waals surface area contributed by atoms with Gasteiger partial charge in [-0.1, -0.05) is 12.8 Å². The van der Waals surface area contributed by atoms with E-state index in [0.717, 1.165) is 12.2 Å². The fourth-order valence-corrected chi connectivity index (χ4v) is 2.44. The third kappa shape index (κ3) is 2.73. The van der Waals surface area contributed by atoms with Crippen LogP contribution in [-0.4, -0.2) is 12.6 Å². The van der Waals surface area contributed by atoms with Crippen molar-refractivity contribution in [2.75, 3.05) is 11.9 Å². The summed E-state index contributed by atoms with van der Waals surface area (Å²) >= 11 is 0. The molecule has 1 aliphatic carbocycles. The molecule has 3 heteroatoms. The fourth-order valence-electron chi connectivity index (χ4n) is 2.44. The lowest BCUT2D eigenvalue weighted by molar-refractivity contribution is 0.332. The Morgan fingerprint density at radius 3 is 2.56 bits per heavy atom. The smallest absolute Gasteiger partial charge is 0.123 e. The van der Waals surface area contributed by atoms with Gasteiger partial charge in [-0.25, -0.2) is 4.39 Å². The highest BCUT2D eigenvalue weighted by molar-refractivity contribution is 5.44. The number of halogens is 1. The minimum absolute atomic E-state index is 0.190. The molecule has 2 rings (SSSR count). The zero-order valence-corrected chi connectivity index (χ0v) is 9.45. The maximum Gasteiger partial charge on any atom is 0.123 e. The lowest BCUT2D eigenvalue weighted by atomic mass is 9.84. The third-order valence-corrected chi connectivity index (χ3v) is 3.41. The van der Waals surface area contributed by atoms with Crippen LogP contribution in [0.2, 0.25) is 0 Å². The summed E-state index contributed by atoms with van der Waals surface area (Å²) < 4.78 is 12.8. The van der Waals surface area contributed by atoms with Crippen LogP contribution in [0.15, 0.2) is 24.3 Å². The first-order chi connectivity index (χ1) is 7.79. The largest absolute Gasteiger partial charge is 0.382 e. The van der Waals surface area contributed by atoms with Crippen molar-refractivity contribution in [2.24, 2.45) is 11.7 Å². The molecule has 1 aromatic rings.